The van der Waals surface area contributed by atoms with Gasteiger partial charge in [0.2, 0.25) is 0 Å². The Morgan fingerprint density at radius 1 is 1.00 bits per heavy atom. The van der Waals surface area contributed by atoms with E-state index in [1.807, 2.05) is 0 Å². The first-order valence-corrected chi connectivity index (χ1v) is 7.77. The second kappa shape index (κ2) is 0.983. The molecule has 0 bridgehead atoms. The molecule has 4 heteroatoms. The fourth-order valence-corrected chi connectivity index (χ4v) is 0. The van der Waals surface area contributed by atoms with Crippen molar-refractivity contribution in [3.05, 3.63) is 0 Å². The maximum atomic E-state index is 8.28. The van der Waals surface area contributed by atoms with Gasteiger partial charge in [0, 0.05) is 0 Å². The van der Waals surface area contributed by atoms with Crippen LogP contribution < -0.4 is 0 Å². The van der Waals surface area contributed by atoms with Crippen molar-refractivity contribution in [3.63, 3.8) is 0 Å². The Labute approximate surface area is 37.9 Å². The number of rotatable bonds is 0. The van der Waals surface area contributed by atoms with Crippen molar-refractivity contribution < 1.29 is 12.3 Å². The van der Waals surface area contributed by atoms with E-state index in [1.54, 1.807) is 0 Å². The molecule has 0 aromatic carbocycles. The summed E-state index contributed by atoms with van der Waals surface area (Å²) in [5, 5.41) is 0. The normalized spacial score (nSPS) is 19.2. The molecule has 0 atom stereocenters. The van der Waals surface area contributed by atoms with Gasteiger partial charge in [-0.15, -0.1) is 0 Å². The second-order valence-electron chi connectivity index (χ2n) is 1.92. The molecule has 40 valence electrons. The molecule has 0 aromatic heterocycles. The molecule has 0 heterocycles. The summed E-state index contributed by atoms with van der Waals surface area (Å²) >= 11 is -4.49. The van der Waals surface area contributed by atoms with Gasteiger partial charge in [-0.1, -0.05) is 0 Å². The van der Waals surface area contributed by atoms with Crippen molar-refractivity contribution >= 4 is 13.5 Å². The van der Waals surface area contributed by atoms with E-state index in [0.717, 1.165) is 11.4 Å². The summed E-state index contributed by atoms with van der Waals surface area (Å²) in [6.45, 7) is 0. The SMILES string of the molecule is C[As](C)(O)(O)O. The molecule has 0 aromatic rings. The zero-order valence-electron chi connectivity index (χ0n) is 3.79. The molecule has 0 spiro atoms. The van der Waals surface area contributed by atoms with Crippen LogP contribution in [0.1, 0.15) is 0 Å². The van der Waals surface area contributed by atoms with Crippen molar-refractivity contribution in [1.29, 1.82) is 0 Å². The van der Waals surface area contributed by atoms with Gasteiger partial charge in [0.25, 0.3) is 0 Å². The molecule has 3 N–H and O–H groups in total. The molecule has 0 unspecified atom stereocenters. The summed E-state index contributed by atoms with van der Waals surface area (Å²) in [4.78, 5) is 0. The van der Waals surface area contributed by atoms with E-state index >= 15 is 0 Å². The van der Waals surface area contributed by atoms with Crippen molar-refractivity contribution in [2.24, 2.45) is 0 Å². The van der Waals surface area contributed by atoms with Crippen LogP contribution in [0.3, 0.4) is 0 Å². The topological polar surface area (TPSA) is 60.7 Å². The summed E-state index contributed by atoms with van der Waals surface area (Å²) in [7, 11) is 0. The molecular weight excluding hydrogens is 147 g/mol. The van der Waals surface area contributed by atoms with Gasteiger partial charge in [0.15, 0.2) is 0 Å². The predicted octanol–water partition coefficient (Wildman–Crippen LogP) is -0.884. The van der Waals surface area contributed by atoms with E-state index in [4.69, 9.17) is 12.3 Å². The van der Waals surface area contributed by atoms with Crippen LogP contribution in [0.15, 0.2) is 0 Å². The third kappa shape index (κ3) is 273. The summed E-state index contributed by atoms with van der Waals surface area (Å²) in [6.07, 6.45) is 0. The van der Waals surface area contributed by atoms with Gasteiger partial charge in [-0.3, -0.25) is 0 Å². The first kappa shape index (κ1) is 6.44. The Morgan fingerprint density at radius 3 is 1.00 bits per heavy atom. The molecule has 6 heavy (non-hydrogen) atoms. The maximum absolute atomic E-state index is 8.28. The van der Waals surface area contributed by atoms with Crippen molar-refractivity contribution in [2.75, 3.05) is 0 Å². The summed E-state index contributed by atoms with van der Waals surface area (Å²) in [6, 6.07) is 0. The summed E-state index contributed by atoms with van der Waals surface area (Å²) < 4.78 is 24.8. The average Bonchev–Trinajstić information content (AvgIpc) is 0.650. The van der Waals surface area contributed by atoms with Gasteiger partial charge < -0.3 is 0 Å². The Balaban J connectivity index is 3.73. The molecule has 0 aliphatic carbocycles. The standard InChI is InChI=1S/C2H9AsO3/c1-3(2,4,5)6/h4-6H,1-2H3. The Bertz CT molecular complexity index is 42.0. The molecule has 0 saturated carbocycles. The third-order valence-corrected chi connectivity index (χ3v) is 0. The van der Waals surface area contributed by atoms with Crippen molar-refractivity contribution in [3.8, 4) is 0 Å². The van der Waals surface area contributed by atoms with Gasteiger partial charge in [0.05, 0.1) is 0 Å². The first-order valence-electron chi connectivity index (χ1n) is 1.49. The van der Waals surface area contributed by atoms with E-state index < -0.39 is 13.5 Å². The molecule has 0 saturated heterocycles. The summed E-state index contributed by atoms with van der Waals surface area (Å²) in [5.74, 6) is 0. The van der Waals surface area contributed by atoms with E-state index in [2.05, 4.69) is 0 Å². The van der Waals surface area contributed by atoms with Crippen LogP contribution in [0.4, 0.5) is 0 Å². The number of hydrogen-bond donors (Lipinski definition) is 3. The minimum absolute atomic E-state index is 1.05. The molecule has 0 aliphatic heterocycles. The van der Waals surface area contributed by atoms with Crippen LogP contribution in [-0.4, -0.2) is 25.8 Å². The van der Waals surface area contributed by atoms with Crippen LogP contribution in [0.25, 0.3) is 0 Å². The van der Waals surface area contributed by atoms with Crippen LogP contribution in [0.2, 0.25) is 11.4 Å². The quantitative estimate of drug-likeness (QED) is 0.399. The predicted molar refractivity (Wildman–Crippen MR) is 24.1 cm³/mol. The number of hydrogen-bond acceptors (Lipinski definition) is 3. The van der Waals surface area contributed by atoms with Gasteiger partial charge in [-0.2, -0.15) is 0 Å². The first-order chi connectivity index (χ1) is 2.24. The molecule has 0 fully saturated rings. The Morgan fingerprint density at radius 2 is 1.00 bits per heavy atom. The van der Waals surface area contributed by atoms with Gasteiger partial charge in [0.1, 0.15) is 0 Å². The fourth-order valence-electron chi connectivity index (χ4n) is 0. The Hall–Kier alpha value is 0.438. The van der Waals surface area contributed by atoms with Crippen molar-refractivity contribution in [1.82, 2.24) is 0 Å². The molecule has 0 radical (unpaired) electrons. The van der Waals surface area contributed by atoms with E-state index in [1.165, 1.54) is 0 Å². The fraction of sp³-hybridized carbons (Fsp3) is 1.00. The third-order valence-electron chi connectivity index (χ3n) is 0. The minimum atomic E-state index is -4.49. The second-order valence-corrected chi connectivity index (χ2v) is 9.95. The molecular formula is C2H9AsO3. The monoisotopic (exact) mass is 156 g/mol. The van der Waals surface area contributed by atoms with E-state index in [9.17, 15) is 0 Å². The van der Waals surface area contributed by atoms with Crippen LogP contribution in [0.5, 0.6) is 0 Å². The van der Waals surface area contributed by atoms with E-state index in [-0.39, 0.29) is 0 Å². The van der Waals surface area contributed by atoms with E-state index in [0.29, 0.717) is 0 Å². The molecule has 3 nitrogen and oxygen atoms in total. The average molecular weight is 156 g/mol. The zero-order chi connectivity index (χ0) is 5.45. The Kier molecular flexibility index (Phi) is 1.06. The van der Waals surface area contributed by atoms with Gasteiger partial charge >= 0.3 is 37.2 Å². The molecule has 0 aliphatic rings. The van der Waals surface area contributed by atoms with Crippen LogP contribution in [0, 0.1) is 0 Å². The molecule has 0 amide bonds. The molecule has 0 rings (SSSR count). The van der Waals surface area contributed by atoms with Crippen LogP contribution in [-0.2, 0) is 0 Å². The van der Waals surface area contributed by atoms with Crippen molar-refractivity contribution in [2.45, 2.75) is 11.4 Å². The zero-order valence-corrected chi connectivity index (χ0v) is 5.67. The van der Waals surface area contributed by atoms with Gasteiger partial charge in [-0.05, 0) is 0 Å². The van der Waals surface area contributed by atoms with Crippen LogP contribution >= 0.6 is 0 Å². The summed E-state index contributed by atoms with van der Waals surface area (Å²) in [5.41, 5.74) is 2.11. The van der Waals surface area contributed by atoms with Gasteiger partial charge in [-0.25, -0.2) is 0 Å².